The molecule has 0 atom stereocenters. The van der Waals surface area contributed by atoms with Gasteiger partial charge >= 0.3 is 0 Å². The predicted molar refractivity (Wildman–Crippen MR) is 92.5 cm³/mol. The van der Waals surface area contributed by atoms with E-state index in [1.807, 2.05) is 29.2 Å². The van der Waals surface area contributed by atoms with Crippen molar-refractivity contribution in [3.63, 3.8) is 0 Å². The van der Waals surface area contributed by atoms with Crippen LogP contribution in [0.4, 0.5) is 0 Å². The van der Waals surface area contributed by atoms with Gasteiger partial charge in [0.1, 0.15) is 0 Å². The summed E-state index contributed by atoms with van der Waals surface area (Å²) in [5, 5.41) is 0. The Balaban J connectivity index is 1.51. The van der Waals surface area contributed by atoms with Gasteiger partial charge in [0.05, 0.1) is 0 Å². The molecule has 0 aromatic heterocycles. The molecule has 24 heavy (non-hydrogen) atoms. The number of likely N-dealkylation sites (tertiary alicyclic amines) is 1. The molecule has 0 bridgehead atoms. The number of rotatable bonds is 5. The Kier molecular flexibility index (Phi) is 4.30. The summed E-state index contributed by atoms with van der Waals surface area (Å²) in [7, 11) is 0. The Bertz CT molecular complexity index is 632. The third-order valence-electron chi connectivity index (χ3n) is 5.61. The smallest absolute Gasteiger partial charge is 0.254 e. The zero-order chi connectivity index (χ0) is 16.5. The number of benzene rings is 1. The molecule has 4 rings (SSSR count). The molecule has 3 aliphatic rings. The minimum absolute atomic E-state index is 0.194. The van der Waals surface area contributed by atoms with Gasteiger partial charge in [0.15, 0.2) is 0 Å². The standard InChI is InChI=1S/C20H26N2O2/c23-19-9-4-12-21(19)14-15-5-3-6-16(13-15)20(24)22(18-10-11-18)17-7-1-2-8-17/h3,5-6,13,17-18H,1-2,4,7-12,14H2. The SMILES string of the molecule is O=C1CCCN1Cc1cccc(C(=O)N(C2CCCC2)C2CC2)c1. The molecule has 2 saturated carbocycles. The highest BCUT2D eigenvalue weighted by Gasteiger charge is 2.38. The van der Waals surface area contributed by atoms with E-state index in [1.54, 1.807) is 0 Å². The number of hydrogen-bond acceptors (Lipinski definition) is 2. The lowest BCUT2D eigenvalue weighted by Gasteiger charge is -2.29. The van der Waals surface area contributed by atoms with Crippen LogP contribution in [0.1, 0.15) is 67.3 Å². The van der Waals surface area contributed by atoms with Crippen LogP contribution < -0.4 is 0 Å². The van der Waals surface area contributed by atoms with Crippen molar-refractivity contribution in [3.8, 4) is 0 Å². The van der Waals surface area contributed by atoms with Crippen molar-refractivity contribution < 1.29 is 9.59 Å². The van der Waals surface area contributed by atoms with E-state index in [0.717, 1.165) is 49.8 Å². The quantitative estimate of drug-likeness (QED) is 0.832. The van der Waals surface area contributed by atoms with Crippen molar-refractivity contribution >= 4 is 11.8 Å². The largest absolute Gasteiger partial charge is 0.338 e. The van der Waals surface area contributed by atoms with Crippen molar-refractivity contribution in [2.45, 2.75) is 70.0 Å². The van der Waals surface area contributed by atoms with Gasteiger partial charge in [-0.25, -0.2) is 0 Å². The maximum atomic E-state index is 13.1. The van der Waals surface area contributed by atoms with Crippen LogP contribution in [0.15, 0.2) is 24.3 Å². The van der Waals surface area contributed by atoms with Crippen LogP contribution in [0.2, 0.25) is 0 Å². The second-order valence-electron chi connectivity index (χ2n) is 7.50. The number of amides is 2. The second kappa shape index (κ2) is 6.58. The molecule has 1 aliphatic heterocycles. The maximum absolute atomic E-state index is 13.1. The summed E-state index contributed by atoms with van der Waals surface area (Å²) in [6, 6.07) is 8.82. The van der Waals surface area contributed by atoms with E-state index in [4.69, 9.17) is 0 Å². The fourth-order valence-electron chi connectivity index (χ4n) is 4.21. The molecular formula is C20H26N2O2. The molecule has 1 aromatic rings. The third kappa shape index (κ3) is 3.19. The second-order valence-corrected chi connectivity index (χ2v) is 7.50. The Labute approximate surface area is 143 Å². The molecule has 3 fully saturated rings. The normalized spacial score (nSPS) is 21.5. The van der Waals surface area contributed by atoms with Crippen LogP contribution in [0.25, 0.3) is 0 Å². The lowest BCUT2D eigenvalue weighted by molar-refractivity contribution is -0.128. The van der Waals surface area contributed by atoms with E-state index >= 15 is 0 Å². The van der Waals surface area contributed by atoms with Gasteiger partial charge in [0.25, 0.3) is 5.91 Å². The molecule has 4 heteroatoms. The highest BCUT2D eigenvalue weighted by atomic mass is 16.2. The summed E-state index contributed by atoms with van der Waals surface area (Å²) in [6.07, 6.45) is 8.74. The summed E-state index contributed by atoms with van der Waals surface area (Å²) in [5.74, 6) is 0.427. The molecule has 2 aliphatic carbocycles. The zero-order valence-corrected chi connectivity index (χ0v) is 14.2. The van der Waals surface area contributed by atoms with Crippen molar-refractivity contribution in [2.24, 2.45) is 0 Å². The molecule has 1 saturated heterocycles. The van der Waals surface area contributed by atoms with Crippen molar-refractivity contribution in [3.05, 3.63) is 35.4 Å². The fraction of sp³-hybridized carbons (Fsp3) is 0.600. The van der Waals surface area contributed by atoms with E-state index in [9.17, 15) is 9.59 Å². The van der Waals surface area contributed by atoms with Crippen LogP contribution in [0, 0.1) is 0 Å². The monoisotopic (exact) mass is 326 g/mol. The van der Waals surface area contributed by atoms with Gasteiger partial charge in [-0.3, -0.25) is 9.59 Å². The van der Waals surface area contributed by atoms with Crippen LogP contribution in [0.5, 0.6) is 0 Å². The fourth-order valence-corrected chi connectivity index (χ4v) is 4.21. The minimum Gasteiger partial charge on any atom is -0.338 e. The van der Waals surface area contributed by atoms with E-state index in [1.165, 1.54) is 12.8 Å². The van der Waals surface area contributed by atoms with Gasteiger partial charge in [0, 0.05) is 37.2 Å². The molecule has 0 radical (unpaired) electrons. The molecular weight excluding hydrogens is 300 g/mol. The first kappa shape index (κ1) is 15.7. The lowest BCUT2D eigenvalue weighted by Crippen LogP contribution is -2.40. The first-order valence-electron chi connectivity index (χ1n) is 9.42. The molecule has 4 nitrogen and oxygen atoms in total. The number of carbonyl (C=O) groups is 2. The van der Waals surface area contributed by atoms with Crippen molar-refractivity contribution in [1.82, 2.24) is 9.80 Å². The number of carbonyl (C=O) groups excluding carboxylic acids is 2. The van der Waals surface area contributed by atoms with E-state index in [0.29, 0.717) is 25.0 Å². The highest BCUT2D eigenvalue weighted by molar-refractivity contribution is 5.95. The number of hydrogen-bond donors (Lipinski definition) is 0. The predicted octanol–water partition coefficient (Wildman–Crippen LogP) is 3.36. The Hall–Kier alpha value is -1.84. The van der Waals surface area contributed by atoms with E-state index < -0.39 is 0 Å². The van der Waals surface area contributed by atoms with Gasteiger partial charge in [-0.2, -0.15) is 0 Å². The van der Waals surface area contributed by atoms with Gasteiger partial charge < -0.3 is 9.80 Å². The van der Waals surface area contributed by atoms with Crippen LogP contribution >= 0.6 is 0 Å². The molecule has 1 heterocycles. The van der Waals surface area contributed by atoms with Crippen LogP contribution in [0.3, 0.4) is 0 Å². The van der Waals surface area contributed by atoms with Crippen LogP contribution in [-0.4, -0.2) is 40.2 Å². The summed E-state index contributed by atoms with van der Waals surface area (Å²) in [6.45, 7) is 1.47. The third-order valence-corrected chi connectivity index (χ3v) is 5.61. The summed E-state index contributed by atoms with van der Waals surface area (Å²) in [5.41, 5.74) is 1.86. The van der Waals surface area contributed by atoms with Crippen LogP contribution in [-0.2, 0) is 11.3 Å². The Morgan fingerprint density at radius 2 is 1.83 bits per heavy atom. The van der Waals surface area contributed by atoms with Gasteiger partial charge in [-0.05, 0) is 49.8 Å². The van der Waals surface area contributed by atoms with E-state index in [2.05, 4.69) is 4.90 Å². The van der Waals surface area contributed by atoms with Gasteiger partial charge in [-0.1, -0.05) is 25.0 Å². The minimum atomic E-state index is 0.194. The molecule has 1 aromatic carbocycles. The molecule has 2 amide bonds. The first-order valence-corrected chi connectivity index (χ1v) is 9.42. The highest BCUT2D eigenvalue weighted by Crippen LogP contribution is 2.35. The first-order chi connectivity index (χ1) is 11.7. The summed E-state index contributed by atoms with van der Waals surface area (Å²) < 4.78 is 0. The van der Waals surface area contributed by atoms with Gasteiger partial charge in [-0.15, -0.1) is 0 Å². The molecule has 0 N–H and O–H groups in total. The lowest BCUT2D eigenvalue weighted by atomic mass is 10.1. The average molecular weight is 326 g/mol. The Morgan fingerprint density at radius 1 is 1.08 bits per heavy atom. The molecule has 128 valence electrons. The van der Waals surface area contributed by atoms with E-state index in [-0.39, 0.29) is 11.8 Å². The van der Waals surface area contributed by atoms with Crippen molar-refractivity contribution in [2.75, 3.05) is 6.54 Å². The maximum Gasteiger partial charge on any atom is 0.254 e. The van der Waals surface area contributed by atoms with Gasteiger partial charge in [0.2, 0.25) is 5.91 Å². The van der Waals surface area contributed by atoms with Crippen molar-refractivity contribution in [1.29, 1.82) is 0 Å². The topological polar surface area (TPSA) is 40.6 Å². The molecule has 0 spiro atoms. The summed E-state index contributed by atoms with van der Waals surface area (Å²) >= 11 is 0. The average Bonchev–Trinajstić information content (AvgIpc) is 3.11. The summed E-state index contributed by atoms with van der Waals surface area (Å²) in [4.78, 5) is 29.0. The zero-order valence-electron chi connectivity index (χ0n) is 14.2. The number of nitrogens with zero attached hydrogens (tertiary/aromatic N) is 2. The Morgan fingerprint density at radius 3 is 2.50 bits per heavy atom. The molecule has 0 unspecified atom stereocenters.